The van der Waals surface area contributed by atoms with E-state index in [9.17, 15) is 4.79 Å². The summed E-state index contributed by atoms with van der Waals surface area (Å²) in [5.41, 5.74) is 0.530. The lowest BCUT2D eigenvalue weighted by atomic mass is 10.2. The zero-order chi connectivity index (χ0) is 10.7. The van der Waals surface area contributed by atoms with Crippen LogP contribution >= 0.6 is 0 Å². The smallest absolute Gasteiger partial charge is 0.203 e. The van der Waals surface area contributed by atoms with Crippen LogP contribution < -0.4 is 14.2 Å². The SMILES string of the molecule is CCOc1cc(C=O)cc2c1OCCO2. The first-order valence-corrected chi connectivity index (χ1v) is 4.86. The number of ether oxygens (including phenoxy) is 3. The van der Waals surface area contributed by atoms with Crippen LogP contribution in [0.3, 0.4) is 0 Å². The lowest BCUT2D eigenvalue weighted by molar-refractivity contribution is 0.112. The predicted molar refractivity (Wildman–Crippen MR) is 54.0 cm³/mol. The van der Waals surface area contributed by atoms with E-state index in [-0.39, 0.29) is 0 Å². The molecule has 0 aromatic heterocycles. The lowest BCUT2D eigenvalue weighted by Gasteiger charge is -2.21. The molecule has 0 saturated carbocycles. The van der Waals surface area contributed by atoms with Crippen molar-refractivity contribution in [2.24, 2.45) is 0 Å². The maximum atomic E-state index is 10.7. The number of rotatable bonds is 3. The molecule has 0 atom stereocenters. The summed E-state index contributed by atoms with van der Waals surface area (Å²) < 4.78 is 16.2. The third-order valence-corrected chi connectivity index (χ3v) is 2.07. The monoisotopic (exact) mass is 208 g/mol. The van der Waals surface area contributed by atoms with Gasteiger partial charge in [-0.3, -0.25) is 4.79 Å². The molecule has 4 nitrogen and oxygen atoms in total. The average molecular weight is 208 g/mol. The number of fused-ring (bicyclic) bond motifs is 1. The zero-order valence-corrected chi connectivity index (χ0v) is 8.49. The summed E-state index contributed by atoms with van der Waals surface area (Å²) in [5.74, 6) is 1.74. The van der Waals surface area contributed by atoms with Gasteiger partial charge in [0.15, 0.2) is 11.5 Å². The fraction of sp³-hybridized carbons (Fsp3) is 0.364. The first kappa shape index (κ1) is 9.83. The molecule has 1 aromatic rings. The van der Waals surface area contributed by atoms with Crippen molar-refractivity contribution in [2.45, 2.75) is 6.92 Å². The topological polar surface area (TPSA) is 44.8 Å². The van der Waals surface area contributed by atoms with E-state index in [2.05, 4.69) is 0 Å². The molecule has 1 aromatic carbocycles. The highest BCUT2D eigenvalue weighted by molar-refractivity contribution is 5.78. The van der Waals surface area contributed by atoms with E-state index < -0.39 is 0 Å². The van der Waals surface area contributed by atoms with Crippen LogP contribution in [-0.4, -0.2) is 26.1 Å². The van der Waals surface area contributed by atoms with Crippen LogP contribution in [0.2, 0.25) is 0 Å². The van der Waals surface area contributed by atoms with Gasteiger partial charge in [-0.2, -0.15) is 0 Å². The summed E-state index contributed by atoms with van der Waals surface area (Å²) >= 11 is 0. The van der Waals surface area contributed by atoms with Crippen LogP contribution in [0.5, 0.6) is 17.2 Å². The van der Waals surface area contributed by atoms with E-state index >= 15 is 0 Å². The summed E-state index contributed by atoms with van der Waals surface area (Å²) in [7, 11) is 0. The number of aldehydes is 1. The molecule has 0 spiro atoms. The Morgan fingerprint density at radius 3 is 2.93 bits per heavy atom. The molecule has 1 aliphatic heterocycles. The standard InChI is InChI=1S/C11H12O4/c1-2-13-9-5-8(7-12)6-10-11(9)15-4-3-14-10/h5-7H,2-4H2,1H3. The molecule has 0 N–H and O–H groups in total. The quantitative estimate of drug-likeness (QED) is 0.709. The average Bonchev–Trinajstić information content (AvgIpc) is 2.29. The number of carbonyl (C=O) groups is 1. The molecule has 0 saturated heterocycles. The molecule has 1 heterocycles. The van der Waals surface area contributed by atoms with Crippen molar-refractivity contribution in [1.82, 2.24) is 0 Å². The van der Waals surface area contributed by atoms with Crippen LogP contribution in [0, 0.1) is 0 Å². The van der Waals surface area contributed by atoms with Crippen LogP contribution in [0.4, 0.5) is 0 Å². The van der Waals surface area contributed by atoms with Crippen LogP contribution in [0.15, 0.2) is 12.1 Å². The highest BCUT2D eigenvalue weighted by atomic mass is 16.6. The highest BCUT2D eigenvalue weighted by Crippen LogP contribution is 2.40. The van der Waals surface area contributed by atoms with Gasteiger partial charge in [-0.05, 0) is 19.1 Å². The second-order valence-electron chi connectivity index (χ2n) is 3.09. The van der Waals surface area contributed by atoms with E-state index in [1.807, 2.05) is 6.92 Å². The van der Waals surface area contributed by atoms with E-state index in [0.717, 1.165) is 6.29 Å². The number of hydrogen-bond donors (Lipinski definition) is 0. The minimum atomic E-state index is 0.501. The molecule has 0 aliphatic carbocycles. The summed E-state index contributed by atoms with van der Waals surface area (Å²) in [5, 5.41) is 0. The molecule has 2 rings (SSSR count). The molecule has 0 radical (unpaired) electrons. The number of benzene rings is 1. The van der Waals surface area contributed by atoms with Gasteiger partial charge in [0.25, 0.3) is 0 Å². The van der Waals surface area contributed by atoms with Crippen LogP contribution in [0.1, 0.15) is 17.3 Å². The minimum absolute atomic E-state index is 0.501. The van der Waals surface area contributed by atoms with E-state index in [0.29, 0.717) is 42.6 Å². The van der Waals surface area contributed by atoms with Gasteiger partial charge >= 0.3 is 0 Å². The lowest BCUT2D eigenvalue weighted by Crippen LogP contribution is -2.16. The summed E-state index contributed by atoms with van der Waals surface area (Å²) in [6, 6.07) is 3.31. The highest BCUT2D eigenvalue weighted by Gasteiger charge is 2.18. The Labute approximate surface area is 87.8 Å². The summed E-state index contributed by atoms with van der Waals surface area (Å²) in [6.45, 7) is 3.41. The number of carbonyl (C=O) groups excluding carboxylic acids is 1. The molecule has 0 unspecified atom stereocenters. The predicted octanol–water partition coefficient (Wildman–Crippen LogP) is 1.67. The van der Waals surface area contributed by atoms with Crippen molar-refractivity contribution in [3.63, 3.8) is 0 Å². The molecular formula is C11H12O4. The molecule has 4 heteroatoms. The maximum Gasteiger partial charge on any atom is 0.203 e. The van der Waals surface area contributed by atoms with Gasteiger partial charge in [-0.1, -0.05) is 0 Å². The number of hydrogen-bond acceptors (Lipinski definition) is 4. The third kappa shape index (κ3) is 1.88. The van der Waals surface area contributed by atoms with Crippen LogP contribution in [0.25, 0.3) is 0 Å². The van der Waals surface area contributed by atoms with E-state index in [4.69, 9.17) is 14.2 Å². The zero-order valence-electron chi connectivity index (χ0n) is 8.49. The second-order valence-corrected chi connectivity index (χ2v) is 3.09. The van der Waals surface area contributed by atoms with Gasteiger partial charge in [0.2, 0.25) is 5.75 Å². The van der Waals surface area contributed by atoms with Crippen molar-refractivity contribution in [3.05, 3.63) is 17.7 Å². The fourth-order valence-electron chi connectivity index (χ4n) is 1.47. The Bertz CT molecular complexity index is 373. The Morgan fingerprint density at radius 1 is 1.40 bits per heavy atom. The van der Waals surface area contributed by atoms with Crippen molar-refractivity contribution in [3.8, 4) is 17.2 Å². The largest absolute Gasteiger partial charge is 0.490 e. The molecule has 0 amide bonds. The molecule has 0 fully saturated rings. The van der Waals surface area contributed by atoms with Gasteiger partial charge in [0.05, 0.1) is 6.61 Å². The Balaban J connectivity index is 2.45. The molecule has 0 bridgehead atoms. The fourth-order valence-corrected chi connectivity index (χ4v) is 1.47. The van der Waals surface area contributed by atoms with E-state index in [1.165, 1.54) is 0 Å². The third-order valence-electron chi connectivity index (χ3n) is 2.07. The van der Waals surface area contributed by atoms with Gasteiger partial charge in [-0.15, -0.1) is 0 Å². The second kappa shape index (κ2) is 4.21. The van der Waals surface area contributed by atoms with Gasteiger partial charge < -0.3 is 14.2 Å². The normalized spacial score (nSPS) is 13.4. The van der Waals surface area contributed by atoms with Gasteiger partial charge in [0, 0.05) is 5.56 Å². The first-order valence-electron chi connectivity index (χ1n) is 4.86. The Morgan fingerprint density at radius 2 is 2.20 bits per heavy atom. The Kier molecular flexibility index (Phi) is 2.76. The van der Waals surface area contributed by atoms with Crippen molar-refractivity contribution in [1.29, 1.82) is 0 Å². The Hall–Kier alpha value is -1.71. The van der Waals surface area contributed by atoms with Gasteiger partial charge in [0.1, 0.15) is 19.5 Å². The molecule has 80 valence electrons. The van der Waals surface area contributed by atoms with Crippen molar-refractivity contribution < 1.29 is 19.0 Å². The van der Waals surface area contributed by atoms with Gasteiger partial charge in [-0.25, -0.2) is 0 Å². The molecule has 15 heavy (non-hydrogen) atoms. The van der Waals surface area contributed by atoms with Crippen molar-refractivity contribution in [2.75, 3.05) is 19.8 Å². The van der Waals surface area contributed by atoms with Crippen LogP contribution in [-0.2, 0) is 0 Å². The maximum absolute atomic E-state index is 10.7. The summed E-state index contributed by atoms with van der Waals surface area (Å²) in [6.07, 6.45) is 0.765. The minimum Gasteiger partial charge on any atom is -0.490 e. The summed E-state index contributed by atoms with van der Waals surface area (Å²) in [4.78, 5) is 10.7. The van der Waals surface area contributed by atoms with Crippen molar-refractivity contribution >= 4 is 6.29 Å². The van der Waals surface area contributed by atoms with E-state index in [1.54, 1.807) is 12.1 Å². The first-order chi connectivity index (χ1) is 7.35. The molecule has 1 aliphatic rings. The molecular weight excluding hydrogens is 196 g/mol.